The Morgan fingerprint density at radius 1 is 1.90 bits per heavy atom. The molecular formula is C5H4ClN3S. The Bertz CT molecular complexity index is 264. The lowest BCUT2D eigenvalue weighted by Crippen LogP contribution is -2.05. The molecule has 5 heteroatoms. The van der Waals surface area contributed by atoms with Gasteiger partial charge in [0, 0.05) is 0 Å². The van der Waals surface area contributed by atoms with Gasteiger partial charge in [-0.1, -0.05) is 11.6 Å². The van der Waals surface area contributed by atoms with Crippen LogP contribution in [0.4, 0.5) is 0 Å². The highest BCUT2D eigenvalue weighted by atomic mass is 35.5. The molecule has 0 saturated carbocycles. The van der Waals surface area contributed by atoms with Gasteiger partial charge in [-0.05, 0) is 0 Å². The Labute approximate surface area is 67.1 Å². The SMILES string of the molecule is N#CC(N)c1ncc(Cl)s1. The van der Waals surface area contributed by atoms with Crippen molar-refractivity contribution in [2.45, 2.75) is 6.04 Å². The van der Waals surface area contributed by atoms with Crippen molar-refractivity contribution >= 4 is 22.9 Å². The van der Waals surface area contributed by atoms with Crippen LogP contribution in [0.25, 0.3) is 0 Å². The Morgan fingerprint density at radius 2 is 2.60 bits per heavy atom. The summed E-state index contributed by atoms with van der Waals surface area (Å²) in [7, 11) is 0. The zero-order chi connectivity index (χ0) is 7.56. The molecule has 2 N–H and O–H groups in total. The third kappa shape index (κ3) is 1.45. The van der Waals surface area contributed by atoms with E-state index in [1.54, 1.807) is 0 Å². The Kier molecular flexibility index (Phi) is 2.22. The first kappa shape index (κ1) is 7.48. The predicted octanol–water partition coefficient (Wildman–Crippen LogP) is 1.32. The standard InChI is InChI=1S/C5H4ClN3S/c6-4-2-9-5(10-4)3(8)1-7/h2-3H,8H2. The van der Waals surface area contributed by atoms with E-state index in [1.165, 1.54) is 17.5 Å². The fourth-order valence-corrected chi connectivity index (χ4v) is 1.34. The van der Waals surface area contributed by atoms with E-state index in [9.17, 15) is 0 Å². The maximum absolute atomic E-state index is 8.35. The predicted molar refractivity (Wildman–Crippen MR) is 39.7 cm³/mol. The van der Waals surface area contributed by atoms with Crippen molar-refractivity contribution in [2.24, 2.45) is 5.73 Å². The van der Waals surface area contributed by atoms with E-state index in [4.69, 9.17) is 22.6 Å². The molecule has 3 nitrogen and oxygen atoms in total. The molecule has 1 aromatic rings. The van der Waals surface area contributed by atoms with E-state index in [-0.39, 0.29) is 0 Å². The van der Waals surface area contributed by atoms with Crippen molar-refractivity contribution in [2.75, 3.05) is 0 Å². The molecule has 0 spiro atoms. The van der Waals surface area contributed by atoms with Gasteiger partial charge in [0.2, 0.25) is 0 Å². The number of nitriles is 1. The molecule has 10 heavy (non-hydrogen) atoms. The van der Waals surface area contributed by atoms with Crippen LogP contribution in [0.2, 0.25) is 4.34 Å². The van der Waals surface area contributed by atoms with Crippen LogP contribution < -0.4 is 5.73 Å². The lowest BCUT2D eigenvalue weighted by molar-refractivity contribution is 0.909. The summed E-state index contributed by atoms with van der Waals surface area (Å²) in [4.78, 5) is 3.83. The number of nitrogens with two attached hydrogens (primary N) is 1. The summed E-state index contributed by atoms with van der Waals surface area (Å²) in [6, 6.07) is 1.22. The molecule has 0 amide bonds. The van der Waals surface area contributed by atoms with Crippen molar-refractivity contribution in [1.29, 1.82) is 5.26 Å². The van der Waals surface area contributed by atoms with Gasteiger partial charge in [0.15, 0.2) is 0 Å². The van der Waals surface area contributed by atoms with Crippen LogP contribution in [0.3, 0.4) is 0 Å². The minimum absolute atomic E-state index is 0.556. The number of hydrogen-bond donors (Lipinski definition) is 1. The van der Waals surface area contributed by atoms with Gasteiger partial charge in [0.1, 0.15) is 15.4 Å². The lowest BCUT2D eigenvalue weighted by Gasteiger charge is -1.91. The monoisotopic (exact) mass is 173 g/mol. The number of aromatic nitrogens is 1. The molecule has 1 atom stereocenters. The first-order valence-corrected chi connectivity index (χ1v) is 3.70. The molecule has 1 aromatic heterocycles. The molecule has 0 radical (unpaired) electrons. The summed E-state index contributed by atoms with van der Waals surface area (Å²) < 4.78 is 0.556. The summed E-state index contributed by atoms with van der Waals surface area (Å²) in [6.07, 6.45) is 1.48. The maximum atomic E-state index is 8.35. The topological polar surface area (TPSA) is 62.7 Å². The highest BCUT2D eigenvalue weighted by Crippen LogP contribution is 2.21. The average Bonchev–Trinajstić information content (AvgIpc) is 2.34. The second-order valence-electron chi connectivity index (χ2n) is 1.61. The number of hydrogen-bond acceptors (Lipinski definition) is 4. The van der Waals surface area contributed by atoms with Crippen molar-refractivity contribution < 1.29 is 0 Å². The minimum Gasteiger partial charge on any atom is -0.310 e. The zero-order valence-corrected chi connectivity index (χ0v) is 6.49. The van der Waals surface area contributed by atoms with Crippen LogP contribution in [0.15, 0.2) is 6.20 Å². The van der Waals surface area contributed by atoms with Crippen LogP contribution >= 0.6 is 22.9 Å². The molecule has 0 fully saturated rings. The molecule has 0 bridgehead atoms. The zero-order valence-electron chi connectivity index (χ0n) is 4.91. The van der Waals surface area contributed by atoms with Crippen LogP contribution in [0.1, 0.15) is 11.0 Å². The molecule has 0 aliphatic rings. The van der Waals surface area contributed by atoms with E-state index in [0.29, 0.717) is 9.34 Å². The first-order valence-electron chi connectivity index (χ1n) is 2.50. The van der Waals surface area contributed by atoms with Crippen molar-refractivity contribution in [3.63, 3.8) is 0 Å². The van der Waals surface area contributed by atoms with E-state index in [0.717, 1.165) is 0 Å². The van der Waals surface area contributed by atoms with E-state index < -0.39 is 6.04 Å². The van der Waals surface area contributed by atoms with Crippen LogP contribution in [-0.4, -0.2) is 4.98 Å². The minimum atomic E-state index is -0.641. The molecule has 0 aliphatic carbocycles. The second kappa shape index (κ2) is 2.97. The van der Waals surface area contributed by atoms with Crippen LogP contribution in [0, 0.1) is 11.3 Å². The quantitative estimate of drug-likeness (QED) is 0.697. The molecule has 0 aromatic carbocycles. The Balaban J connectivity index is 2.87. The normalized spacial score (nSPS) is 12.5. The van der Waals surface area contributed by atoms with Gasteiger partial charge in [-0.25, -0.2) is 4.98 Å². The maximum Gasteiger partial charge on any atom is 0.145 e. The highest BCUT2D eigenvalue weighted by Gasteiger charge is 2.07. The average molecular weight is 174 g/mol. The molecule has 1 rings (SSSR count). The van der Waals surface area contributed by atoms with Crippen molar-refractivity contribution in [3.8, 4) is 6.07 Å². The van der Waals surface area contributed by atoms with Gasteiger partial charge in [-0.2, -0.15) is 5.26 Å². The second-order valence-corrected chi connectivity index (χ2v) is 3.30. The fourth-order valence-electron chi connectivity index (χ4n) is 0.466. The Morgan fingerprint density at radius 3 is 3.00 bits per heavy atom. The molecule has 0 saturated heterocycles. The molecular weight excluding hydrogens is 170 g/mol. The van der Waals surface area contributed by atoms with Crippen LogP contribution in [-0.2, 0) is 0 Å². The summed E-state index contributed by atoms with van der Waals surface area (Å²) in [5, 5.41) is 8.91. The van der Waals surface area contributed by atoms with E-state index >= 15 is 0 Å². The number of halogens is 1. The van der Waals surface area contributed by atoms with Gasteiger partial charge in [0.05, 0.1) is 12.3 Å². The van der Waals surface area contributed by atoms with Crippen molar-refractivity contribution in [3.05, 3.63) is 15.5 Å². The highest BCUT2D eigenvalue weighted by molar-refractivity contribution is 7.15. The van der Waals surface area contributed by atoms with Crippen LogP contribution in [0.5, 0.6) is 0 Å². The number of rotatable bonds is 1. The summed E-state index contributed by atoms with van der Waals surface area (Å²) >= 11 is 6.78. The van der Waals surface area contributed by atoms with Gasteiger partial charge in [-0.15, -0.1) is 11.3 Å². The smallest absolute Gasteiger partial charge is 0.145 e. The molecule has 52 valence electrons. The first-order chi connectivity index (χ1) is 4.74. The third-order valence-corrected chi connectivity index (χ3v) is 2.10. The van der Waals surface area contributed by atoms with E-state index in [2.05, 4.69) is 4.98 Å². The van der Waals surface area contributed by atoms with Gasteiger partial charge >= 0.3 is 0 Å². The van der Waals surface area contributed by atoms with Crippen molar-refractivity contribution in [1.82, 2.24) is 4.98 Å². The summed E-state index contributed by atoms with van der Waals surface area (Å²) in [5.41, 5.74) is 5.34. The third-order valence-electron chi connectivity index (χ3n) is 0.900. The van der Waals surface area contributed by atoms with Gasteiger partial charge < -0.3 is 5.73 Å². The molecule has 1 heterocycles. The summed E-state index contributed by atoms with van der Waals surface area (Å²) in [6.45, 7) is 0. The number of nitrogens with zero attached hydrogens (tertiary/aromatic N) is 2. The Hall–Kier alpha value is -0.630. The molecule has 0 aliphatic heterocycles. The van der Waals surface area contributed by atoms with Gasteiger partial charge in [-0.3, -0.25) is 0 Å². The largest absolute Gasteiger partial charge is 0.310 e. The fraction of sp³-hybridized carbons (Fsp3) is 0.200. The summed E-state index contributed by atoms with van der Waals surface area (Å²) in [5.74, 6) is 0. The van der Waals surface area contributed by atoms with Gasteiger partial charge in [0.25, 0.3) is 0 Å². The lowest BCUT2D eigenvalue weighted by atomic mass is 10.4. The molecule has 1 unspecified atom stereocenters. The van der Waals surface area contributed by atoms with E-state index in [1.807, 2.05) is 6.07 Å². The number of thiazole rings is 1.